The highest BCUT2D eigenvalue weighted by atomic mass is 16.2. The van der Waals surface area contributed by atoms with Crippen molar-refractivity contribution >= 4 is 11.8 Å². The van der Waals surface area contributed by atoms with Gasteiger partial charge in [0.2, 0.25) is 5.91 Å². The van der Waals surface area contributed by atoms with Crippen molar-refractivity contribution in [2.75, 3.05) is 6.54 Å². The molecule has 1 heterocycles. The van der Waals surface area contributed by atoms with Crippen molar-refractivity contribution in [3.05, 3.63) is 23.5 Å². The predicted molar refractivity (Wildman–Crippen MR) is 71.7 cm³/mol. The van der Waals surface area contributed by atoms with Crippen LogP contribution in [0.2, 0.25) is 0 Å². The second kappa shape index (κ2) is 5.05. The van der Waals surface area contributed by atoms with Crippen molar-refractivity contribution in [3.63, 3.8) is 0 Å². The Labute approximate surface area is 112 Å². The fourth-order valence-electron chi connectivity index (χ4n) is 2.66. The first kappa shape index (κ1) is 13.6. The molecule has 0 aliphatic heterocycles. The molecule has 1 aliphatic rings. The van der Waals surface area contributed by atoms with Crippen LogP contribution in [0, 0.1) is 0 Å². The van der Waals surface area contributed by atoms with Gasteiger partial charge in [-0.2, -0.15) is 0 Å². The first-order valence-corrected chi connectivity index (χ1v) is 6.46. The van der Waals surface area contributed by atoms with Crippen LogP contribution in [0.5, 0.6) is 0 Å². The number of primary amides is 1. The highest BCUT2D eigenvalue weighted by molar-refractivity contribution is 5.99. The van der Waals surface area contributed by atoms with Crippen molar-refractivity contribution in [2.24, 2.45) is 18.5 Å². The smallest absolute Gasteiger partial charge is 0.268 e. The van der Waals surface area contributed by atoms with E-state index < -0.39 is 5.91 Å². The summed E-state index contributed by atoms with van der Waals surface area (Å²) in [4.78, 5) is 23.4. The second-order valence-electron chi connectivity index (χ2n) is 5.23. The second-order valence-corrected chi connectivity index (χ2v) is 5.23. The molecule has 0 aromatic carbocycles. The van der Waals surface area contributed by atoms with Crippen LogP contribution in [0.15, 0.2) is 12.3 Å². The van der Waals surface area contributed by atoms with E-state index in [-0.39, 0.29) is 11.4 Å². The lowest BCUT2D eigenvalue weighted by Crippen LogP contribution is -2.51. The van der Waals surface area contributed by atoms with Crippen LogP contribution in [-0.4, -0.2) is 28.5 Å². The molecule has 1 aromatic heterocycles. The van der Waals surface area contributed by atoms with Gasteiger partial charge in [0.25, 0.3) is 5.91 Å². The molecule has 0 atom stereocenters. The van der Waals surface area contributed by atoms with Crippen molar-refractivity contribution in [2.45, 2.75) is 31.2 Å². The maximum atomic E-state index is 12.3. The molecule has 2 rings (SSSR count). The Kier molecular flexibility index (Phi) is 3.61. The van der Waals surface area contributed by atoms with Gasteiger partial charge in [0.15, 0.2) is 0 Å². The summed E-state index contributed by atoms with van der Waals surface area (Å²) in [7, 11) is 1.71. The van der Waals surface area contributed by atoms with E-state index in [0.717, 1.165) is 25.7 Å². The molecule has 6 heteroatoms. The number of carbonyl (C=O) groups is 2. The summed E-state index contributed by atoms with van der Waals surface area (Å²) in [6.07, 6.45) is 5.53. The first-order valence-electron chi connectivity index (χ1n) is 6.46. The average Bonchev–Trinajstić information content (AvgIpc) is 2.96. The van der Waals surface area contributed by atoms with Crippen LogP contribution in [0.4, 0.5) is 0 Å². The number of aromatic nitrogens is 1. The number of aryl methyl sites for hydroxylation is 1. The standard InChI is InChI=1S/C13H20N4O2/c1-17-7-9(11(15)18)6-10(17)12(19)16-13(8-14)4-2-3-5-13/h6-7H,2-5,8,14H2,1H3,(H2,15,18)(H,16,19). The summed E-state index contributed by atoms with van der Waals surface area (Å²) < 4.78 is 1.61. The van der Waals surface area contributed by atoms with E-state index in [2.05, 4.69) is 5.32 Å². The third-order valence-corrected chi connectivity index (χ3v) is 3.85. The Balaban J connectivity index is 2.18. The molecule has 6 nitrogen and oxygen atoms in total. The summed E-state index contributed by atoms with van der Waals surface area (Å²) in [6, 6.07) is 1.51. The zero-order chi connectivity index (χ0) is 14.0. The Morgan fingerprint density at radius 2 is 2.05 bits per heavy atom. The third-order valence-electron chi connectivity index (χ3n) is 3.85. The molecule has 0 unspecified atom stereocenters. The first-order chi connectivity index (χ1) is 8.97. The number of amides is 2. The Morgan fingerprint density at radius 1 is 1.42 bits per heavy atom. The molecule has 0 spiro atoms. The lowest BCUT2D eigenvalue weighted by atomic mass is 9.97. The van der Waals surface area contributed by atoms with Gasteiger partial charge in [0.1, 0.15) is 5.69 Å². The van der Waals surface area contributed by atoms with Crippen molar-refractivity contribution < 1.29 is 9.59 Å². The SMILES string of the molecule is Cn1cc(C(N)=O)cc1C(=O)NC1(CN)CCCC1. The molecule has 1 aromatic rings. The molecule has 5 N–H and O–H groups in total. The fraction of sp³-hybridized carbons (Fsp3) is 0.538. The van der Waals surface area contributed by atoms with Crippen LogP contribution in [0.25, 0.3) is 0 Å². The molecule has 1 aliphatic carbocycles. The Bertz CT molecular complexity index is 501. The number of nitrogens with two attached hydrogens (primary N) is 2. The van der Waals surface area contributed by atoms with Gasteiger partial charge in [0.05, 0.1) is 11.1 Å². The van der Waals surface area contributed by atoms with Gasteiger partial charge in [-0.3, -0.25) is 9.59 Å². The van der Waals surface area contributed by atoms with E-state index in [4.69, 9.17) is 11.5 Å². The normalized spacial score (nSPS) is 17.4. The van der Waals surface area contributed by atoms with Gasteiger partial charge >= 0.3 is 0 Å². The summed E-state index contributed by atoms with van der Waals surface area (Å²) in [5.41, 5.74) is 11.5. The van der Waals surface area contributed by atoms with Crippen molar-refractivity contribution in [3.8, 4) is 0 Å². The lowest BCUT2D eigenvalue weighted by molar-refractivity contribution is 0.0894. The molecular weight excluding hydrogens is 244 g/mol. The largest absolute Gasteiger partial charge is 0.366 e. The maximum Gasteiger partial charge on any atom is 0.268 e. The van der Waals surface area contributed by atoms with Crippen molar-refractivity contribution in [1.29, 1.82) is 0 Å². The van der Waals surface area contributed by atoms with E-state index in [0.29, 0.717) is 17.8 Å². The number of hydrogen-bond acceptors (Lipinski definition) is 3. The molecule has 19 heavy (non-hydrogen) atoms. The summed E-state index contributed by atoms with van der Waals surface area (Å²) in [5, 5.41) is 3.01. The topological polar surface area (TPSA) is 103 Å². The Hall–Kier alpha value is -1.82. The van der Waals surface area contributed by atoms with E-state index >= 15 is 0 Å². The van der Waals surface area contributed by atoms with Crippen LogP contribution in [0.1, 0.15) is 46.5 Å². The zero-order valence-corrected chi connectivity index (χ0v) is 11.1. The molecule has 2 amide bonds. The minimum Gasteiger partial charge on any atom is -0.366 e. The molecule has 0 saturated heterocycles. The molecule has 1 fully saturated rings. The molecule has 0 bridgehead atoms. The average molecular weight is 264 g/mol. The van der Waals surface area contributed by atoms with Crippen LogP contribution < -0.4 is 16.8 Å². The maximum absolute atomic E-state index is 12.3. The van der Waals surface area contributed by atoms with Crippen LogP contribution >= 0.6 is 0 Å². The van der Waals surface area contributed by atoms with E-state index in [9.17, 15) is 9.59 Å². The zero-order valence-electron chi connectivity index (χ0n) is 11.1. The van der Waals surface area contributed by atoms with Gasteiger partial charge < -0.3 is 21.4 Å². The fourth-order valence-corrected chi connectivity index (χ4v) is 2.66. The van der Waals surface area contributed by atoms with E-state index in [1.165, 1.54) is 6.07 Å². The van der Waals surface area contributed by atoms with E-state index in [1.54, 1.807) is 17.8 Å². The summed E-state index contributed by atoms with van der Waals surface area (Å²) in [6.45, 7) is 0.436. The monoisotopic (exact) mass is 264 g/mol. The molecule has 1 saturated carbocycles. The number of nitrogens with zero attached hydrogens (tertiary/aromatic N) is 1. The number of hydrogen-bond donors (Lipinski definition) is 3. The Morgan fingerprint density at radius 3 is 2.53 bits per heavy atom. The highest BCUT2D eigenvalue weighted by Gasteiger charge is 2.34. The van der Waals surface area contributed by atoms with Crippen LogP contribution in [0.3, 0.4) is 0 Å². The summed E-state index contributed by atoms with van der Waals surface area (Å²) >= 11 is 0. The minimum absolute atomic E-state index is 0.206. The van der Waals surface area contributed by atoms with Gasteiger partial charge in [-0.1, -0.05) is 12.8 Å². The van der Waals surface area contributed by atoms with Crippen molar-refractivity contribution in [1.82, 2.24) is 9.88 Å². The number of nitrogens with one attached hydrogen (secondary N) is 1. The minimum atomic E-state index is -0.538. The van der Waals surface area contributed by atoms with Gasteiger partial charge in [-0.15, -0.1) is 0 Å². The molecule has 104 valence electrons. The lowest BCUT2D eigenvalue weighted by Gasteiger charge is -2.28. The molecule has 0 radical (unpaired) electrons. The quantitative estimate of drug-likeness (QED) is 0.719. The van der Waals surface area contributed by atoms with E-state index in [1.807, 2.05) is 0 Å². The predicted octanol–water partition coefficient (Wildman–Crippen LogP) is 0.125. The van der Waals surface area contributed by atoms with Crippen LogP contribution in [-0.2, 0) is 7.05 Å². The molecular formula is C13H20N4O2. The van der Waals surface area contributed by atoms with Gasteiger partial charge in [-0.05, 0) is 18.9 Å². The number of carbonyl (C=O) groups excluding carboxylic acids is 2. The van der Waals surface area contributed by atoms with Gasteiger partial charge in [0, 0.05) is 19.8 Å². The third kappa shape index (κ3) is 2.63. The number of rotatable bonds is 4. The summed E-state index contributed by atoms with van der Waals surface area (Å²) in [5.74, 6) is -0.744. The highest BCUT2D eigenvalue weighted by Crippen LogP contribution is 2.29. The van der Waals surface area contributed by atoms with Gasteiger partial charge in [-0.25, -0.2) is 0 Å².